The molecule has 0 saturated carbocycles. The lowest BCUT2D eigenvalue weighted by molar-refractivity contribution is -0.384. The number of nitrogens with zero attached hydrogens (tertiary/aromatic N) is 2. The van der Waals surface area contributed by atoms with E-state index >= 15 is 0 Å². The molecule has 1 rings (SSSR count). The number of nitrogens with one attached hydrogen (secondary N) is 1. The molecule has 9 nitrogen and oxygen atoms in total. The Bertz CT molecular complexity index is 697. The minimum absolute atomic E-state index is 0.00397. The van der Waals surface area contributed by atoms with Gasteiger partial charge < -0.3 is 19.7 Å². The van der Waals surface area contributed by atoms with E-state index in [1.165, 1.54) is 26.2 Å². The van der Waals surface area contributed by atoms with Crippen molar-refractivity contribution in [2.24, 2.45) is 0 Å². The fourth-order valence-electron chi connectivity index (χ4n) is 2.84. The molecule has 9 heteroatoms. The lowest BCUT2D eigenvalue weighted by Gasteiger charge is -2.32. The summed E-state index contributed by atoms with van der Waals surface area (Å²) in [7, 11) is 1.53. The molecule has 0 heterocycles. The molecule has 0 aromatic heterocycles. The van der Waals surface area contributed by atoms with Crippen LogP contribution in [-0.4, -0.2) is 60.1 Å². The summed E-state index contributed by atoms with van der Waals surface area (Å²) in [5.74, 6) is -1.11. The quantitative estimate of drug-likeness (QED) is 0.281. The average Bonchev–Trinajstić information content (AvgIpc) is 2.61. The van der Waals surface area contributed by atoms with E-state index in [1.807, 2.05) is 27.7 Å². The second kappa shape index (κ2) is 10.6. The third-order valence-electron chi connectivity index (χ3n) is 4.05. The lowest BCUT2D eigenvalue weighted by Crippen LogP contribution is -2.47. The summed E-state index contributed by atoms with van der Waals surface area (Å²) >= 11 is 0. The molecule has 0 fully saturated rings. The van der Waals surface area contributed by atoms with Crippen molar-refractivity contribution in [1.82, 2.24) is 4.90 Å². The molecular formula is C19H29N3O6. The van der Waals surface area contributed by atoms with Crippen LogP contribution in [0.1, 0.15) is 45.0 Å². The van der Waals surface area contributed by atoms with Crippen LogP contribution in [0.3, 0.4) is 0 Å². The molecule has 0 spiro atoms. The second-order valence-corrected chi connectivity index (χ2v) is 6.89. The van der Waals surface area contributed by atoms with Crippen LogP contribution in [0.15, 0.2) is 18.2 Å². The molecule has 0 aliphatic heterocycles. The van der Waals surface area contributed by atoms with Gasteiger partial charge in [-0.2, -0.15) is 0 Å². The van der Waals surface area contributed by atoms with Crippen molar-refractivity contribution < 1.29 is 24.0 Å². The van der Waals surface area contributed by atoms with Gasteiger partial charge in [-0.05, 0) is 46.8 Å². The van der Waals surface area contributed by atoms with Gasteiger partial charge in [-0.15, -0.1) is 0 Å². The zero-order valence-electron chi connectivity index (χ0n) is 17.2. The lowest BCUT2D eigenvalue weighted by atomic mass is 10.1. The monoisotopic (exact) mass is 395 g/mol. The van der Waals surface area contributed by atoms with Crippen molar-refractivity contribution in [2.75, 3.05) is 25.6 Å². The van der Waals surface area contributed by atoms with E-state index < -0.39 is 17.0 Å². The average molecular weight is 395 g/mol. The first-order valence-electron chi connectivity index (χ1n) is 9.14. The van der Waals surface area contributed by atoms with Gasteiger partial charge in [0.15, 0.2) is 6.10 Å². The number of nitro groups is 1. The molecule has 1 aromatic rings. The van der Waals surface area contributed by atoms with Crippen molar-refractivity contribution >= 4 is 23.3 Å². The van der Waals surface area contributed by atoms with Crippen LogP contribution in [0.2, 0.25) is 0 Å². The highest BCUT2D eigenvalue weighted by molar-refractivity contribution is 5.93. The van der Waals surface area contributed by atoms with Crippen LogP contribution in [0.5, 0.6) is 0 Å². The first-order valence-corrected chi connectivity index (χ1v) is 9.14. The molecule has 0 aliphatic rings. The number of amides is 1. The van der Waals surface area contributed by atoms with Gasteiger partial charge in [0, 0.05) is 31.8 Å². The van der Waals surface area contributed by atoms with E-state index in [0.29, 0.717) is 13.2 Å². The van der Waals surface area contributed by atoms with Crippen molar-refractivity contribution in [1.29, 1.82) is 0 Å². The van der Waals surface area contributed by atoms with Crippen LogP contribution in [0.25, 0.3) is 0 Å². The first-order chi connectivity index (χ1) is 13.1. The zero-order chi connectivity index (χ0) is 21.4. The fourth-order valence-corrected chi connectivity index (χ4v) is 2.84. The van der Waals surface area contributed by atoms with Crippen LogP contribution in [0.4, 0.5) is 11.4 Å². The highest BCUT2D eigenvalue weighted by atomic mass is 16.6. The van der Waals surface area contributed by atoms with Crippen molar-refractivity contribution in [3.63, 3.8) is 0 Å². The Hall–Kier alpha value is -2.68. The summed E-state index contributed by atoms with van der Waals surface area (Å²) in [6.45, 7) is 9.77. The predicted molar refractivity (Wildman–Crippen MR) is 105 cm³/mol. The second-order valence-electron chi connectivity index (χ2n) is 6.89. The van der Waals surface area contributed by atoms with E-state index in [0.717, 1.165) is 6.07 Å². The van der Waals surface area contributed by atoms with E-state index in [9.17, 15) is 19.7 Å². The maximum absolute atomic E-state index is 12.6. The maximum atomic E-state index is 12.6. The Balaban J connectivity index is 2.95. The fraction of sp³-hybridized carbons (Fsp3) is 0.579. The number of ether oxygens (including phenoxy) is 2. The van der Waals surface area contributed by atoms with Crippen LogP contribution in [0, 0.1) is 10.1 Å². The van der Waals surface area contributed by atoms with Crippen molar-refractivity contribution in [3.8, 4) is 0 Å². The summed E-state index contributed by atoms with van der Waals surface area (Å²) in [6.07, 6.45) is -1.00. The third-order valence-corrected chi connectivity index (χ3v) is 4.05. The molecule has 1 amide bonds. The summed E-state index contributed by atoms with van der Waals surface area (Å²) in [5, 5.41) is 14.2. The largest absolute Gasteiger partial charge is 0.449 e. The molecule has 0 aliphatic carbocycles. The number of benzene rings is 1. The van der Waals surface area contributed by atoms with E-state index in [1.54, 1.807) is 4.90 Å². The van der Waals surface area contributed by atoms with E-state index in [-0.39, 0.29) is 34.9 Å². The molecule has 0 unspecified atom stereocenters. The van der Waals surface area contributed by atoms with E-state index in [4.69, 9.17) is 9.47 Å². The molecule has 1 atom stereocenters. The molecule has 1 N–H and O–H groups in total. The summed E-state index contributed by atoms with van der Waals surface area (Å²) in [4.78, 5) is 37.4. The van der Waals surface area contributed by atoms with Crippen LogP contribution >= 0.6 is 0 Å². The van der Waals surface area contributed by atoms with Gasteiger partial charge in [0.05, 0.1) is 17.1 Å². The Kier molecular flexibility index (Phi) is 8.84. The summed E-state index contributed by atoms with van der Waals surface area (Å²) in [5.41, 5.74) is 0.0216. The molecule has 0 saturated heterocycles. The molecular weight excluding hydrogens is 366 g/mol. The molecule has 0 bridgehead atoms. The van der Waals surface area contributed by atoms with Gasteiger partial charge in [-0.25, -0.2) is 4.79 Å². The smallest absolute Gasteiger partial charge is 0.339 e. The Morgan fingerprint density at radius 1 is 1.18 bits per heavy atom. The Morgan fingerprint density at radius 3 is 2.29 bits per heavy atom. The van der Waals surface area contributed by atoms with Gasteiger partial charge in [-0.3, -0.25) is 14.9 Å². The van der Waals surface area contributed by atoms with Gasteiger partial charge >= 0.3 is 5.97 Å². The van der Waals surface area contributed by atoms with Crippen molar-refractivity contribution in [3.05, 3.63) is 33.9 Å². The molecule has 156 valence electrons. The SMILES string of the molecule is COCCNc1ccc(C(=O)O[C@H](C)C(=O)N(C(C)C)C(C)C)cc1[N+](=O)[O-]. The summed E-state index contributed by atoms with van der Waals surface area (Å²) < 4.78 is 10.2. The number of nitro benzene ring substituents is 1. The van der Waals surface area contributed by atoms with E-state index in [2.05, 4.69) is 5.32 Å². The number of methoxy groups -OCH3 is 1. The number of hydrogen-bond acceptors (Lipinski definition) is 7. The highest BCUT2D eigenvalue weighted by Gasteiger charge is 2.28. The third kappa shape index (κ3) is 6.19. The number of carbonyl (C=O) groups excluding carboxylic acids is 2. The van der Waals surface area contributed by atoms with Gasteiger partial charge in [0.25, 0.3) is 11.6 Å². The Morgan fingerprint density at radius 2 is 1.79 bits per heavy atom. The predicted octanol–water partition coefficient (Wildman–Crippen LogP) is 2.84. The van der Waals surface area contributed by atoms with Gasteiger partial charge in [0.2, 0.25) is 0 Å². The number of anilines is 1. The minimum atomic E-state index is -1.00. The topological polar surface area (TPSA) is 111 Å². The molecule has 28 heavy (non-hydrogen) atoms. The number of esters is 1. The number of rotatable bonds is 10. The Labute approximate surface area is 165 Å². The zero-order valence-corrected chi connectivity index (χ0v) is 17.2. The van der Waals surface area contributed by atoms with Crippen LogP contribution in [-0.2, 0) is 14.3 Å². The van der Waals surface area contributed by atoms with Crippen LogP contribution < -0.4 is 5.32 Å². The van der Waals surface area contributed by atoms with Gasteiger partial charge in [-0.1, -0.05) is 0 Å². The minimum Gasteiger partial charge on any atom is -0.449 e. The first kappa shape index (κ1) is 23.4. The molecule has 1 aromatic carbocycles. The van der Waals surface area contributed by atoms with Crippen molar-refractivity contribution in [2.45, 2.75) is 52.8 Å². The molecule has 0 radical (unpaired) electrons. The van der Waals surface area contributed by atoms with Gasteiger partial charge in [0.1, 0.15) is 5.69 Å². The normalized spacial score (nSPS) is 12.0. The number of hydrogen-bond donors (Lipinski definition) is 1. The number of carbonyl (C=O) groups is 2. The maximum Gasteiger partial charge on any atom is 0.339 e. The summed E-state index contributed by atoms with van der Waals surface area (Å²) in [6, 6.07) is 3.90. The standard InChI is InChI=1S/C19H29N3O6/c1-12(2)21(13(3)4)18(23)14(5)28-19(24)15-7-8-16(20-9-10-27-6)17(11-15)22(25)26/h7-8,11-14,20H,9-10H2,1-6H3/t14-/m1/s1. The highest BCUT2D eigenvalue weighted by Crippen LogP contribution is 2.26.